The molecule has 5 rings (SSSR count). The summed E-state index contributed by atoms with van der Waals surface area (Å²) < 4.78 is 32.9. The second kappa shape index (κ2) is 9.70. The zero-order valence-electron chi connectivity index (χ0n) is 20.8. The zero-order valence-corrected chi connectivity index (χ0v) is 21.6. The van der Waals surface area contributed by atoms with Crippen LogP contribution < -0.4 is 15.0 Å². The number of amides is 3. The topological polar surface area (TPSA) is 61.9 Å². The van der Waals surface area contributed by atoms with Crippen LogP contribution in [-0.4, -0.2) is 36.2 Å². The van der Waals surface area contributed by atoms with E-state index in [2.05, 4.69) is 19.2 Å². The molecule has 1 unspecified atom stereocenters. The molecule has 3 amide bonds. The molecule has 1 spiro atoms. The molecule has 3 aromatic carbocycles. The molecule has 0 radical (unpaired) electrons. The maximum Gasteiger partial charge on any atom is 0.323 e. The van der Waals surface area contributed by atoms with E-state index in [1.807, 2.05) is 24.3 Å². The fourth-order valence-electron chi connectivity index (χ4n) is 4.84. The molecule has 3 aromatic rings. The van der Waals surface area contributed by atoms with Crippen molar-refractivity contribution in [3.63, 3.8) is 0 Å². The van der Waals surface area contributed by atoms with Crippen molar-refractivity contribution in [3.05, 3.63) is 89.0 Å². The average Bonchev–Trinajstić information content (AvgIpc) is 3.43. The highest BCUT2D eigenvalue weighted by molar-refractivity contribution is 8.01. The van der Waals surface area contributed by atoms with Gasteiger partial charge in [-0.1, -0.05) is 32.0 Å². The van der Waals surface area contributed by atoms with Crippen molar-refractivity contribution in [2.24, 2.45) is 0 Å². The fourth-order valence-corrected chi connectivity index (χ4v) is 6.29. The molecule has 1 fully saturated rings. The number of ether oxygens (including phenoxy) is 1. The molecule has 2 aliphatic rings. The standard InChI is InChI=1S/C28H27F2N3O3S/c1-17(2)19-5-7-20(8-6-19)31-27(35)33-12-13-37-28(33)22-15-21(36-3)9-11-25(22)32(26(28)34)16-18-4-10-23(29)24(30)14-18/h4-11,14-15,17H,12-13,16H2,1-3H3,(H,31,35). The van der Waals surface area contributed by atoms with Crippen LogP contribution in [0, 0.1) is 11.6 Å². The van der Waals surface area contributed by atoms with E-state index in [-0.39, 0.29) is 18.5 Å². The lowest BCUT2D eigenvalue weighted by Crippen LogP contribution is -2.51. The first-order chi connectivity index (χ1) is 17.7. The number of thioether (sulfide) groups is 1. The van der Waals surface area contributed by atoms with Crippen LogP contribution in [0.1, 0.15) is 36.5 Å². The van der Waals surface area contributed by atoms with Crippen molar-refractivity contribution in [1.29, 1.82) is 0 Å². The molecule has 1 atom stereocenters. The number of nitrogens with one attached hydrogen (secondary N) is 1. The molecule has 192 valence electrons. The molecule has 0 aromatic heterocycles. The molecule has 0 bridgehead atoms. The minimum absolute atomic E-state index is 0.0315. The normalized spacial score (nSPS) is 18.6. The van der Waals surface area contributed by atoms with Gasteiger partial charge in [0.2, 0.25) is 0 Å². The molecule has 1 saturated heterocycles. The van der Waals surface area contributed by atoms with Gasteiger partial charge in [-0.25, -0.2) is 13.6 Å². The average molecular weight is 524 g/mol. The Balaban J connectivity index is 1.50. The second-order valence-electron chi connectivity index (χ2n) is 9.37. The lowest BCUT2D eigenvalue weighted by atomic mass is 10.0. The first kappa shape index (κ1) is 25.1. The van der Waals surface area contributed by atoms with Crippen LogP contribution in [0.5, 0.6) is 5.75 Å². The number of anilines is 2. The van der Waals surface area contributed by atoms with Crippen LogP contribution >= 0.6 is 11.8 Å². The number of hydrogen-bond donors (Lipinski definition) is 1. The highest BCUT2D eigenvalue weighted by Crippen LogP contribution is 2.55. The molecule has 9 heteroatoms. The Morgan fingerprint density at radius 2 is 1.84 bits per heavy atom. The predicted molar refractivity (Wildman–Crippen MR) is 141 cm³/mol. The minimum Gasteiger partial charge on any atom is -0.497 e. The largest absolute Gasteiger partial charge is 0.497 e. The Morgan fingerprint density at radius 1 is 1.08 bits per heavy atom. The molecular weight excluding hydrogens is 496 g/mol. The third-order valence-electron chi connectivity index (χ3n) is 6.80. The summed E-state index contributed by atoms with van der Waals surface area (Å²) in [5, 5.41) is 2.94. The Morgan fingerprint density at radius 3 is 2.51 bits per heavy atom. The van der Waals surface area contributed by atoms with Gasteiger partial charge in [-0.05, 0) is 59.5 Å². The molecule has 0 aliphatic carbocycles. The van der Waals surface area contributed by atoms with E-state index in [1.165, 1.54) is 29.8 Å². The van der Waals surface area contributed by atoms with E-state index in [0.29, 0.717) is 46.5 Å². The number of urea groups is 1. The van der Waals surface area contributed by atoms with Gasteiger partial charge in [0.1, 0.15) is 5.75 Å². The van der Waals surface area contributed by atoms with E-state index in [1.54, 1.807) is 23.1 Å². The Labute approximate surface area is 218 Å². The van der Waals surface area contributed by atoms with E-state index in [9.17, 15) is 18.4 Å². The predicted octanol–water partition coefficient (Wildman–Crippen LogP) is 6.08. The van der Waals surface area contributed by atoms with Crippen molar-refractivity contribution in [1.82, 2.24) is 4.90 Å². The number of rotatable bonds is 5. The Hall–Kier alpha value is -3.59. The summed E-state index contributed by atoms with van der Waals surface area (Å²) in [6.07, 6.45) is 0. The molecule has 2 heterocycles. The maximum atomic E-state index is 14.1. The number of carbonyl (C=O) groups is 2. The first-order valence-electron chi connectivity index (χ1n) is 12.0. The Bertz CT molecular complexity index is 1370. The van der Waals surface area contributed by atoms with Crippen molar-refractivity contribution in [2.75, 3.05) is 29.6 Å². The smallest absolute Gasteiger partial charge is 0.323 e. The van der Waals surface area contributed by atoms with E-state index in [4.69, 9.17) is 4.74 Å². The lowest BCUT2D eigenvalue weighted by molar-refractivity contribution is -0.123. The summed E-state index contributed by atoms with van der Waals surface area (Å²) in [6, 6.07) is 16.1. The van der Waals surface area contributed by atoms with Gasteiger partial charge < -0.3 is 15.0 Å². The molecule has 1 N–H and O–H groups in total. The SMILES string of the molecule is COc1ccc2c(c1)C1(SCCN1C(=O)Nc1ccc(C(C)C)cc1)C(=O)N2Cc1ccc(F)c(F)c1. The number of hydrogen-bond acceptors (Lipinski definition) is 4. The minimum atomic E-state index is -1.30. The molecule has 6 nitrogen and oxygen atoms in total. The van der Waals surface area contributed by atoms with Gasteiger partial charge in [0.25, 0.3) is 5.91 Å². The van der Waals surface area contributed by atoms with Crippen LogP contribution in [0.15, 0.2) is 60.7 Å². The Kier molecular flexibility index (Phi) is 6.58. The van der Waals surface area contributed by atoms with E-state index < -0.39 is 16.5 Å². The number of fused-ring (bicyclic) bond motifs is 2. The van der Waals surface area contributed by atoms with Crippen LogP contribution in [-0.2, 0) is 16.2 Å². The van der Waals surface area contributed by atoms with Crippen molar-refractivity contribution in [2.45, 2.75) is 31.2 Å². The molecule has 0 saturated carbocycles. The number of halogens is 2. The van der Waals surface area contributed by atoms with Gasteiger partial charge >= 0.3 is 6.03 Å². The molecule has 37 heavy (non-hydrogen) atoms. The number of methoxy groups -OCH3 is 1. The lowest BCUT2D eigenvalue weighted by Gasteiger charge is -2.33. The van der Waals surface area contributed by atoms with Crippen LogP contribution in [0.3, 0.4) is 0 Å². The summed E-state index contributed by atoms with van der Waals surface area (Å²) in [7, 11) is 1.54. The fraction of sp³-hybridized carbons (Fsp3) is 0.286. The molecular formula is C28H27F2N3O3S. The highest BCUT2D eigenvalue weighted by Gasteiger charge is 2.59. The summed E-state index contributed by atoms with van der Waals surface area (Å²) in [6.45, 7) is 4.59. The first-order valence-corrected chi connectivity index (χ1v) is 13.0. The van der Waals surface area contributed by atoms with Crippen LogP contribution in [0.2, 0.25) is 0 Å². The summed E-state index contributed by atoms with van der Waals surface area (Å²) in [5.74, 6) is -0.763. The summed E-state index contributed by atoms with van der Waals surface area (Å²) >= 11 is 1.38. The summed E-state index contributed by atoms with van der Waals surface area (Å²) in [5.41, 5.74) is 3.47. The van der Waals surface area contributed by atoms with Crippen molar-refractivity contribution in [3.8, 4) is 5.75 Å². The van der Waals surface area contributed by atoms with Crippen LogP contribution in [0.4, 0.5) is 25.0 Å². The zero-order chi connectivity index (χ0) is 26.3. The monoisotopic (exact) mass is 523 g/mol. The third kappa shape index (κ3) is 4.31. The van der Waals surface area contributed by atoms with E-state index >= 15 is 0 Å². The van der Waals surface area contributed by atoms with Gasteiger partial charge in [0.05, 0.1) is 19.3 Å². The number of benzene rings is 3. The number of carbonyl (C=O) groups excluding carboxylic acids is 2. The van der Waals surface area contributed by atoms with Gasteiger partial charge in [0, 0.05) is 23.5 Å². The van der Waals surface area contributed by atoms with Crippen molar-refractivity contribution < 1.29 is 23.1 Å². The molecule has 2 aliphatic heterocycles. The van der Waals surface area contributed by atoms with Gasteiger partial charge in [0.15, 0.2) is 16.5 Å². The highest BCUT2D eigenvalue weighted by atomic mass is 32.2. The quantitative estimate of drug-likeness (QED) is 0.441. The van der Waals surface area contributed by atoms with Crippen molar-refractivity contribution >= 4 is 35.1 Å². The van der Waals surface area contributed by atoms with Gasteiger partial charge in [-0.2, -0.15) is 0 Å². The van der Waals surface area contributed by atoms with Gasteiger partial charge in [-0.3, -0.25) is 9.69 Å². The van der Waals surface area contributed by atoms with E-state index in [0.717, 1.165) is 17.7 Å². The third-order valence-corrected chi connectivity index (χ3v) is 8.22. The maximum absolute atomic E-state index is 14.1. The van der Waals surface area contributed by atoms with Crippen LogP contribution in [0.25, 0.3) is 0 Å². The van der Waals surface area contributed by atoms with Gasteiger partial charge in [-0.15, -0.1) is 11.8 Å². The second-order valence-corrected chi connectivity index (χ2v) is 10.7. The summed E-state index contributed by atoms with van der Waals surface area (Å²) in [4.78, 5) is 29.4. The number of nitrogens with zero attached hydrogens (tertiary/aromatic N) is 2.